The summed E-state index contributed by atoms with van der Waals surface area (Å²) < 4.78 is 23.8. The van der Waals surface area contributed by atoms with Crippen LogP contribution < -0.4 is 24.8 Å². The highest BCUT2D eigenvalue weighted by Crippen LogP contribution is 2.33. The number of carbonyl (C=O) groups is 2. The molecule has 0 saturated carbocycles. The smallest absolute Gasteiger partial charge is 0.319 e. The molecule has 2 aromatic rings. The van der Waals surface area contributed by atoms with Gasteiger partial charge in [-0.25, -0.2) is 4.79 Å². The lowest BCUT2D eigenvalue weighted by molar-refractivity contribution is -0.0177. The molecule has 2 aliphatic rings. The highest BCUT2D eigenvalue weighted by molar-refractivity contribution is 5.99. The minimum atomic E-state index is -0.453. The van der Waals surface area contributed by atoms with Crippen molar-refractivity contribution in [2.45, 2.75) is 84.7 Å². The Labute approximate surface area is 267 Å². The topological polar surface area (TPSA) is 122 Å². The number of carbonyl (C=O) groups excluding carboxylic acids is 2. The Bertz CT molecular complexity index is 1290. The van der Waals surface area contributed by atoms with E-state index in [0.717, 1.165) is 36.3 Å². The van der Waals surface area contributed by atoms with Crippen LogP contribution in [0.5, 0.6) is 17.2 Å². The Morgan fingerprint density at radius 3 is 2.58 bits per heavy atom. The van der Waals surface area contributed by atoms with Gasteiger partial charge in [-0.3, -0.25) is 9.69 Å². The number of hydrogen-bond donors (Lipinski definition) is 3. The zero-order valence-electron chi connectivity index (χ0n) is 27.5. The van der Waals surface area contributed by atoms with E-state index in [1.807, 2.05) is 45.9 Å². The van der Waals surface area contributed by atoms with Crippen LogP contribution in [0.3, 0.4) is 0 Å². The van der Waals surface area contributed by atoms with Crippen molar-refractivity contribution in [1.82, 2.24) is 15.1 Å². The highest BCUT2D eigenvalue weighted by Gasteiger charge is 2.30. The summed E-state index contributed by atoms with van der Waals surface area (Å²) in [6.45, 7) is 12.0. The zero-order chi connectivity index (χ0) is 32.5. The van der Waals surface area contributed by atoms with Gasteiger partial charge in [0.2, 0.25) is 6.79 Å². The minimum absolute atomic E-state index is 0.0401. The van der Waals surface area contributed by atoms with Gasteiger partial charge in [-0.2, -0.15) is 0 Å². The molecule has 0 saturated heterocycles. The van der Waals surface area contributed by atoms with Crippen molar-refractivity contribution in [2.24, 2.45) is 5.92 Å². The molecule has 2 aromatic carbocycles. The summed E-state index contributed by atoms with van der Waals surface area (Å²) >= 11 is 0. The van der Waals surface area contributed by atoms with Gasteiger partial charge < -0.3 is 39.6 Å². The third-order valence-electron chi connectivity index (χ3n) is 8.11. The van der Waals surface area contributed by atoms with Crippen LogP contribution in [-0.2, 0) is 11.3 Å². The number of aliphatic hydroxyl groups excluding tert-OH is 1. The fourth-order valence-corrected chi connectivity index (χ4v) is 5.61. The molecule has 0 bridgehead atoms. The predicted molar refractivity (Wildman–Crippen MR) is 173 cm³/mol. The lowest BCUT2D eigenvalue weighted by Crippen LogP contribution is -2.47. The quantitative estimate of drug-likeness (QED) is 0.380. The Balaban J connectivity index is 1.57. The number of rotatable bonds is 8. The van der Waals surface area contributed by atoms with Crippen molar-refractivity contribution in [2.75, 3.05) is 45.5 Å². The summed E-state index contributed by atoms with van der Waals surface area (Å²) in [5.74, 6) is 1.65. The molecule has 2 heterocycles. The number of likely N-dealkylation sites (N-methyl/N-ethyl adjacent to an activating group) is 1. The lowest BCUT2D eigenvalue weighted by atomic mass is 10.0. The number of ether oxygens (including phenoxy) is 4. The molecule has 3 amide bonds. The normalized spacial score (nSPS) is 21.6. The predicted octanol–water partition coefficient (Wildman–Crippen LogP) is 4.87. The molecule has 3 N–H and O–H groups in total. The maximum Gasteiger partial charge on any atom is 0.319 e. The molecule has 0 unspecified atom stereocenters. The van der Waals surface area contributed by atoms with E-state index < -0.39 is 6.04 Å². The Hall–Kier alpha value is -3.54. The second-order valence-corrected chi connectivity index (χ2v) is 12.6. The van der Waals surface area contributed by atoms with E-state index in [4.69, 9.17) is 18.9 Å². The first-order valence-corrected chi connectivity index (χ1v) is 16.0. The number of urea groups is 1. The van der Waals surface area contributed by atoms with Crippen LogP contribution in [0, 0.1) is 5.92 Å². The molecule has 11 heteroatoms. The highest BCUT2D eigenvalue weighted by atomic mass is 16.7. The average Bonchev–Trinajstić information content (AvgIpc) is 3.46. The van der Waals surface area contributed by atoms with E-state index in [1.54, 1.807) is 23.1 Å². The van der Waals surface area contributed by atoms with Gasteiger partial charge in [0.15, 0.2) is 11.5 Å². The molecule has 248 valence electrons. The summed E-state index contributed by atoms with van der Waals surface area (Å²) in [7, 11) is 2.06. The first-order valence-electron chi connectivity index (χ1n) is 16.0. The third-order valence-corrected chi connectivity index (χ3v) is 8.11. The Morgan fingerprint density at radius 2 is 1.82 bits per heavy atom. The number of anilines is 1. The molecular formula is C34H50N4O7. The molecule has 0 aliphatic carbocycles. The van der Waals surface area contributed by atoms with Gasteiger partial charge in [0.25, 0.3) is 5.91 Å². The van der Waals surface area contributed by atoms with Gasteiger partial charge >= 0.3 is 6.03 Å². The van der Waals surface area contributed by atoms with E-state index >= 15 is 0 Å². The van der Waals surface area contributed by atoms with Crippen LogP contribution in [0.25, 0.3) is 0 Å². The van der Waals surface area contributed by atoms with Crippen LogP contribution >= 0.6 is 0 Å². The molecule has 0 aromatic heterocycles. The summed E-state index contributed by atoms with van der Waals surface area (Å²) in [6.07, 6.45) is 2.32. The molecule has 0 spiro atoms. The summed E-state index contributed by atoms with van der Waals surface area (Å²) in [5, 5.41) is 15.8. The lowest BCUT2D eigenvalue weighted by Gasteiger charge is -2.36. The van der Waals surface area contributed by atoms with Crippen molar-refractivity contribution in [3.63, 3.8) is 0 Å². The molecule has 11 nitrogen and oxygen atoms in total. The van der Waals surface area contributed by atoms with E-state index in [1.165, 1.54) is 0 Å². The van der Waals surface area contributed by atoms with Crippen LogP contribution in [0.4, 0.5) is 10.5 Å². The number of nitrogens with one attached hydrogen (secondary N) is 2. The van der Waals surface area contributed by atoms with Gasteiger partial charge in [-0.05, 0) is 89.9 Å². The van der Waals surface area contributed by atoms with Gasteiger partial charge in [-0.15, -0.1) is 0 Å². The minimum Gasteiger partial charge on any atom is -0.490 e. The van der Waals surface area contributed by atoms with Gasteiger partial charge in [-0.1, -0.05) is 13.0 Å². The summed E-state index contributed by atoms with van der Waals surface area (Å²) in [4.78, 5) is 30.6. The molecule has 45 heavy (non-hydrogen) atoms. The fraction of sp³-hybridized carbons (Fsp3) is 0.588. The average molecular weight is 627 g/mol. The van der Waals surface area contributed by atoms with Crippen molar-refractivity contribution in [1.29, 1.82) is 0 Å². The fourth-order valence-electron chi connectivity index (χ4n) is 5.61. The van der Waals surface area contributed by atoms with E-state index in [9.17, 15) is 14.7 Å². The molecule has 4 atom stereocenters. The molecule has 0 radical (unpaired) electrons. The summed E-state index contributed by atoms with van der Waals surface area (Å²) in [6, 6.07) is 10.3. The van der Waals surface area contributed by atoms with E-state index in [-0.39, 0.29) is 49.5 Å². The van der Waals surface area contributed by atoms with Crippen LogP contribution in [-0.4, -0.2) is 91.3 Å². The second-order valence-electron chi connectivity index (χ2n) is 12.6. The standard InChI is InChI=1S/C34H50N4O7/c1-22(2)35-34(41)36-27-11-13-29-28(16-27)33(40)38(24(4)20-39)17-23(3)32(42-14-8-7-9-25(5)45-29)19-37(6)18-26-10-12-30-31(15-26)44-21-43-30/h10-13,15-16,22-25,32,39H,7-9,14,17-21H2,1-6H3,(H2,35,36,41)/t23-,24+,25-,32-/m0/s1. The number of benzene rings is 2. The molecule has 4 rings (SSSR count). The SMILES string of the molecule is CC(C)NC(=O)Nc1ccc2c(c1)C(=O)N([C@H](C)CO)C[C@H](C)[C@H](CN(C)Cc1ccc3c(c1)OCO3)OCCCC[C@H](C)O2. The Morgan fingerprint density at radius 1 is 1.07 bits per heavy atom. The largest absolute Gasteiger partial charge is 0.490 e. The number of nitrogens with zero attached hydrogens (tertiary/aromatic N) is 2. The van der Waals surface area contributed by atoms with E-state index in [0.29, 0.717) is 43.2 Å². The number of aliphatic hydroxyl groups is 1. The number of amides is 3. The van der Waals surface area contributed by atoms with Crippen LogP contribution in [0.2, 0.25) is 0 Å². The number of fused-ring (bicyclic) bond motifs is 2. The van der Waals surface area contributed by atoms with Crippen molar-refractivity contribution < 1.29 is 33.6 Å². The monoisotopic (exact) mass is 626 g/mol. The van der Waals surface area contributed by atoms with Crippen molar-refractivity contribution in [3.05, 3.63) is 47.5 Å². The number of hydrogen-bond acceptors (Lipinski definition) is 8. The van der Waals surface area contributed by atoms with E-state index in [2.05, 4.69) is 29.5 Å². The van der Waals surface area contributed by atoms with Crippen molar-refractivity contribution in [3.8, 4) is 17.2 Å². The zero-order valence-corrected chi connectivity index (χ0v) is 27.5. The maximum atomic E-state index is 14.3. The first kappa shape index (κ1) is 34.3. The second kappa shape index (κ2) is 16.1. The molecule has 0 fully saturated rings. The van der Waals surface area contributed by atoms with Gasteiger partial charge in [0.1, 0.15) is 5.75 Å². The van der Waals surface area contributed by atoms with Crippen molar-refractivity contribution >= 4 is 17.6 Å². The first-order chi connectivity index (χ1) is 21.5. The van der Waals surface area contributed by atoms with Crippen LogP contribution in [0.15, 0.2) is 36.4 Å². The molecular weight excluding hydrogens is 576 g/mol. The Kier molecular flexibility index (Phi) is 12.3. The summed E-state index contributed by atoms with van der Waals surface area (Å²) in [5.41, 5.74) is 1.93. The van der Waals surface area contributed by atoms with Gasteiger partial charge in [0.05, 0.1) is 30.4 Å². The van der Waals surface area contributed by atoms with Gasteiger partial charge in [0, 0.05) is 43.9 Å². The van der Waals surface area contributed by atoms with Crippen LogP contribution in [0.1, 0.15) is 69.8 Å². The maximum absolute atomic E-state index is 14.3. The molecule has 2 aliphatic heterocycles. The third kappa shape index (κ3) is 9.72.